The fraction of sp³-hybridized carbons (Fsp3) is 0.579. The molecule has 3 nitrogen and oxygen atoms in total. The molecule has 1 N–H and O–H groups in total. The summed E-state index contributed by atoms with van der Waals surface area (Å²) >= 11 is 0. The van der Waals surface area contributed by atoms with Crippen LogP contribution >= 0.6 is 0 Å². The van der Waals surface area contributed by atoms with E-state index in [-0.39, 0.29) is 28.6 Å². The summed E-state index contributed by atoms with van der Waals surface area (Å²) in [5.41, 5.74) is -0.0742. The molecule has 3 heteroatoms. The number of carbonyl (C=O) groups is 2. The van der Waals surface area contributed by atoms with Crippen molar-refractivity contribution in [2.75, 3.05) is 0 Å². The molecule has 3 atom stereocenters. The van der Waals surface area contributed by atoms with Crippen LogP contribution < -0.4 is 5.32 Å². The van der Waals surface area contributed by atoms with Crippen LogP contribution in [0.25, 0.3) is 0 Å². The minimum atomic E-state index is -0.540. The number of Topliss-reactive ketones (excluding diaryl/α,β-unsaturated/α-hetero) is 1. The average molecular weight is 299 g/mol. The summed E-state index contributed by atoms with van der Waals surface area (Å²) < 4.78 is 0. The van der Waals surface area contributed by atoms with Gasteiger partial charge in [0.1, 0.15) is 5.78 Å². The first-order valence-corrected chi connectivity index (χ1v) is 8.14. The zero-order valence-electron chi connectivity index (χ0n) is 13.9. The van der Waals surface area contributed by atoms with Crippen molar-refractivity contribution in [3.05, 3.63) is 35.9 Å². The average Bonchev–Trinajstić information content (AvgIpc) is 2.78. The molecule has 2 fully saturated rings. The number of fused-ring (bicyclic) bond motifs is 2. The van der Waals surface area contributed by atoms with Gasteiger partial charge in [-0.25, -0.2) is 0 Å². The Labute approximate surface area is 132 Å². The lowest BCUT2D eigenvalue weighted by Crippen LogP contribution is -2.47. The monoisotopic (exact) mass is 299 g/mol. The molecule has 2 aliphatic rings. The molecule has 2 saturated carbocycles. The Morgan fingerprint density at radius 3 is 2.27 bits per heavy atom. The summed E-state index contributed by atoms with van der Waals surface area (Å²) in [5.74, 6) is 0.301. The van der Waals surface area contributed by atoms with E-state index in [9.17, 15) is 9.59 Å². The normalized spacial score (nSPS) is 33.7. The highest BCUT2D eigenvalue weighted by Gasteiger charge is 2.72. The summed E-state index contributed by atoms with van der Waals surface area (Å²) in [6.07, 6.45) is 2.03. The number of amides is 1. The van der Waals surface area contributed by atoms with E-state index in [1.807, 2.05) is 44.2 Å². The Morgan fingerprint density at radius 1 is 1.14 bits per heavy atom. The highest BCUT2D eigenvalue weighted by molar-refractivity contribution is 5.99. The standard InChI is InChI=1S/C19H25NO2/c1-13(14-8-6-5-7-9-14)20-16(22)19-11-10-18(4,15(21)12-19)17(19,2)3/h5-9,13H,10-12H2,1-4H3,(H,20,22)/t13-,18-,19+/m1/s1. The molecule has 3 rings (SSSR count). The maximum atomic E-state index is 13.0. The van der Waals surface area contributed by atoms with Gasteiger partial charge in [-0.15, -0.1) is 0 Å². The van der Waals surface area contributed by atoms with Gasteiger partial charge < -0.3 is 5.32 Å². The molecular formula is C19H25NO2. The lowest BCUT2D eigenvalue weighted by Gasteiger charge is -2.39. The third-order valence-electron chi connectivity index (χ3n) is 6.79. The van der Waals surface area contributed by atoms with Crippen LogP contribution in [0.2, 0.25) is 0 Å². The Balaban J connectivity index is 1.85. The van der Waals surface area contributed by atoms with Crippen molar-refractivity contribution in [3.63, 3.8) is 0 Å². The molecular weight excluding hydrogens is 274 g/mol. The van der Waals surface area contributed by atoms with E-state index in [1.165, 1.54) is 0 Å². The van der Waals surface area contributed by atoms with E-state index in [0.29, 0.717) is 6.42 Å². The van der Waals surface area contributed by atoms with Crippen molar-refractivity contribution in [3.8, 4) is 0 Å². The smallest absolute Gasteiger partial charge is 0.227 e. The highest BCUT2D eigenvalue weighted by Crippen LogP contribution is 2.70. The van der Waals surface area contributed by atoms with Crippen molar-refractivity contribution in [2.24, 2.45) is 16.2 Å². The summed E-state index contributed by atoms with van der Waals surface area (Å²) in [7, 11) is 0. The molecule has 2 aliphatic carbocycles. The van der Waals surface area contributed by atoms with Crippen molar-refractivity contribution in [1.82, 2.24) is 5.32 Å². The minimum Gasteiger partial charge on any atom is -0.349 e. The summed E-state index contributed by atoms with van der Waals surface area (Å²) in [4.78, 5) is 25.5. The second-order valence-corrected chi connectivity index (χ2v) is 7.74. The molecule has 0 unspecified atom stereocenters. The van der Waals surface area contributed by atoms with Gasteiger partial charge in [0, 0.05) is 11.8 Å². The number of hydrogen-bond donors (Lipinski definition) is 1. The van der Waals surface area contributed by atoms with E-state index in [4.69, 9.17) is 0 Å². The van der Waals surface area contributed by atoms with Gasteiger partial charge in [-0.1, -0.05) is 51.1 Å². The SMILES string of the molecule is C[C@@H](NC(=O)[C@]12CC[C@](C)(C(=O)C1)C2(C)C)c1ccccc1. The van der Waals surface area contributed by atoms with Crippen molar-refractivity contribution in [1.29, 1.82) is 0 Å². The summed E-state index contributed by atoms with van der Waals surface area (Å²) in [6.45, 7) is 8.23. The van der Waals surface area contributed by atoms with Crippen LogP contribution in [-0.4, -0.2) is 11.7 Å². The molecule has 0 spiro atoms. The van der Waals surface area contributed by atoms with E-state index >= 15 is 0 Å². The number of ketones is 1. The number of rotatable bonds is 3. The fourth-order valence-electron chi connectivity index (χ4n) is 4.52. The van der Waals surface area contributed by atoms with Gasteiger partial charge in [-0.2, -0.15) is 0 Å². The first-order chi connectivity index (χ1) is 10.2. The second kappa shape index (κ2) is 4.68. The van der Waals surface area contributed by atoms with Crippen molar-refractivity contribution in [2.45, 2.75) is 53.0 Å². The van der Waals surface area contributed by atoms with Crippen molar-refractivity contribution >= 4 is 11.7 Å². The highest BCUT2D eigenvalue weighted by atomic mass is 16.2. The van der Waals surface area contributed by atoms with Gasteiger partial charge in [0.2, 0.25) is 5.91 Å². The zero-order chi connectivity index (χ0) is 16.2. The number of carbonyl (C=O) groups excluding carboxylic acids is 2. The van der Waals surface area contributed by atoms with E-state index in [0.717, 1.165) is 18.4 Å². The quantitative estimate of drug-likeness (QED) is 0.926. The van der Waals surface area contributed by atoms with Gasteiger partial charge in [0.05, 0.1) is 11.5 Å². The Hall–Kier alpha value is -1.64. The maximum absolute atomic E-state index is 13.0. The van der Waals surface area contributed by atoms with E-state index in [2.05, 4.69) is 19.2 Å². The van der Waals surface area contributed by atoms with Crippen LogP contribution in [0.5, 0.6) is 0 Å². The molecule has 118 valence electrons. The third kappa shape index (κ3) is 1.74. The molecule has 0 aromatic heterocycles. The fourth-order valence-corrected chi connectivity index (χ4v) is 4.52. The minimum absolute atomic E-state index is 0.0403. The molecule has 2 bridgehead atoms. The second-order valence-electron chi connectivity index (χ2n) is 7.74. The Kier molecular flexibility index (Phi) is 3.24. The van der Waals surface area contributed by atoms with Gasteiger partial charge in [-0.3, -0.25) is 9.59 Å². The van der Waals surface area contributed by atoms with E-state index < -0.39 is 5.41 Å². The van der Waals surface area contributed by atoms with Gasteiger partial charge in [0.25, 0.3) is 0 Å². The Bertz CT molecular complexity index is 622. The topological polar surface area (TPSA) is 46.2 Å². The molecule has 0 aliphatic heterocycles. The lowest BCUT2D eigenvalue weighted by molar-refractivity contribution is -0.137. The molecule has 22 heavy (non-hydrogen) atoms. The first-order valence-electron chi connectivity index (χ1n) is 8.14. The van der Waals surface area contributed by atoms with Crippen molar-refractivity contribution < 1.29 is 9.59 Å². The molecule has 0 heterocycles. The van der Waals surface area contributed by atoms with Gasteiger partial charge in [0.15, 0.2) is 0 Å². The molecule has 0 saturated heterocycles. The third-order valence-corrected chi connectivity index (χ3v) is 6.79. The van der Waals surface area contributed by atoms with Crippen LogP contribution in [0.15, 0.2) is 30.3 Å². The number of benzene rings is 1. The van der Waals surface area contributed by atoms with Crippen LogP contribution in [0.3, 0.4) is 0 Å². The van der Waals surface area contributed by atoms with Gasteiger partial charge >= 0.3 is 0 Å². The molecule has 0 radical (unpaired) electrons. The van der Waals surface area contributed by atoms with Crippen LogP contribution in [0.1, 0.15) is 58.6 Å². The number of nitrogens with one attached hydrogen (secondary N) is 1. The molecule has 1 aromatic rings. The van der Waals surface area contributed by atoms with Crippen LogP contribution in [0.4, 0.5) is 0 Å². The zero-order valence-corrected chi connectivity index (χ0v) is 13.9. The largest absolute Gasteiger partial charge is 0.349 e. The van der Waals surface area contributed by atoms with Crippen LogP contribution in [0, 0.1) is 16.2 Å². The summed E-state index contributed by atoms with van der Waals surface area (Å²) in [6, 6.07) is 9.93. The Morgan fingerprint density at radius 2 is 1.77 bits per heavy atom. The summed E-state index contributed by atoms with van der Waals surface area (Å²) in [5, 5.41) is 3.16. The number of hydrogen-bond acceptors (Lipinski definition) is 2. The predicted molar refractivity (Wildman–Crippen MR) is 86.2 cm³/mol. The predicted octanol–water partition coefficient (Wildman–Crippen LogP) is 3.65. The van der Waals surface area contributed by atoms with Gasteiger partial charge in [-0.05, 0) is 30.7 Å². The maximum Gasteiger partial charge on any atom is 0.227 e. The first kappa shape index (κ1) is 15.3. The van der Waals surface area contributed by atoms with E-state index in [1.54, 1.807) is 0 Å². The lowest BCUT2D eigenvalue weighted by atomic mass is 9.64. The molecule has 1 aromatic carbocycles. The van der Waals surface area contributed by atoms with Crippen LogP contribution in [-0.2, 0) is 9.59 Å². The molecule has 1 amide bonds.